The summed E-state index contributed by atoms with van der Waals surface area (Å²) in [5, 5.41) is 3.20. The normalized spacial score (nSPS) is 36.8. The molecule has 0 radical (unpaired) electrons. The van der Waals surface area contributed by atoms with Crippen molar-refractivity contribution in [2.45, 2.75) is 52.2 Å². The summed E-state index contributed by atoms with van der Waals surface area (Å²) in [6.07, 6.45) is 3.81. The Labute approximate surface area is 85.8 Å². The molecule has 1 N–H and O–H groups in total. The fraction of sp³-hybridized carbons (Fsp3) is 0.909. The summed E-state index contributed by atoms with van der Waals surface area (Å²) in [5.41, 5.74) is 0.424. The standard InChI is InChI=1S/C11H20N2O/c1-8-12-7-10(14)13(8)9-4-5-11(2,3)6-9/h8-9,12H,4-7H2,1-3H3. The highest BCUT2D eigenvalue weighted by Gasteiger charge is 2.40. The van der Waals surface area contributed by atoms with Crippen LogP contribution in [-0.2, 0) is 4.79 Å². The maximum absolute atomic E-state index is 11.6. The van der Waals surface area contributed by atoms with Crippen LogP contribution in [0.5, 0.6) is 0 Å². The molecule has 14 heavy (non-hydrogen) atoms. The second-order valence-corrected chi connectivity index (χ2v) is 5.42. The molecule has 1 heterocycles. The van der Waals surface area contributed by atoms with Crippen LogP contribution in [0, 0.1) is 5.41 Å². The maximum atomic E-state index is 11.6. The lowest BCUT2D eigenvalue weighted by Gasteiger charge is -2.29. The average Bonchev–Trinajstić information content (AvgIpc) is 2.56. The van der Waals surface area contributed by atoms with Crippen LogP contribution in [0.1, 0.15) is 40.0 Å². The first kappa shape index (κ1) is 9.97. The van der Waals surface area contributed by atoms with E-state index >= 15 is 0 Å². The Balaban J connectivity index is 2.05. The van der Waals surface area contributed by atoms with Gasteiger partial charge in [-0.15, -0.1) is 0 Å². The van der Waals surface area contributed by atoms with Crippen molar-refractivity contribution in [1.82, 2.24) is 10.2 Å². The minimum absolute atomic E-state index is 0.237. The molecule has 1 aliphatic carbocycles. The Hall–Kier alpha value is -0.570. The van der Waals surface area contributed by atoms with E-state index in [-0.39, 0.29) is 12.1 Å². The van der Waals surface area contributed by atoms with Gasteiger partial charge >= 0.3 is 0 Å². The van der Waals surface area contributed by atoms with Crippen LogP contribution in [0.15, 0.2) is 0 Å². The Morgan fingerprint density at radius 2 is 2.21 bits per heavy atom. The number of carbonyl (C=O) groups excluding carboxylic acids is 1. The lowest BCUT2D eigenvalue weighted by atomic mass is 9.91. The van der Waals surface area contributed by atoms with Crippen molar-refractivity contribution in [2.24, 2.45) is 5.41 Å². The summed E-state index contributed by atoms with van der Waals surface area (Å²) in [5.74, 6) is 0.278. The van der Waals surface area contributed by atoms with Crippen molar-refractivity contribution in [3.05, 3.63) is 0 Å². The van der Waals surface area contributed by atoms with Crippen LogP contribution in [0.3, 0.4) is 0 Å². The molecule has 2 aliphatic rings. The topological polar surface area (TPSA) is 32.3 Å². The Kier molecular flexibility index (Phi) is 2.30. The van der Waals surface area contributed by atoms with Crippen LogP contribution in [0.4, 0.5) is 0 Å². The van der Waals surface area contributed by atoms with E-state index in [4.69, 9.17) is 0 Å². The van der Waals surface area contributed by atoms with Gasteiger partial charge in [0, 0.05) is 6.04 Å². The molecule has 1 amide bonds. The summed E-state index contributed by atoms with van der Waals surface area (Å²) in [6, 6.07) is 0.475. The van der Waals surface area contributed by atoms with Gasteiger partial charge in [0.15, 0.2) is 0 Å². The minimum atomic E-state index is 0.237. The molecule has 1 saturated heterocycles. The van der Waals surface area contributed by atoms with Crippen LogP contribution in [0.25, 0.3) is 0 Å². The third-order valence-electron chi connectivity index (χ3n) is 3.59. The molecule has 3 nitrogen and oxygen atoms in total. The molecular formula is C11H20N2O. The minimum Gasteiger partial charge on any atom is -0.323 e. The maximum Gasteiger partial charge on any atom is 0.238 e. The predicted octanol–water partition coefficient (Wildman–Crippen LogP) is 1.34. The fourth-order valence-electron chi connectivity index (χ4n) is 2.80. The van der Waals surface area contributed by atoms with Crippen molar-refractivity contribution in [3.8, 4) is 0 Å². The average molecular weight is 196 g/mol. The molecular weight excluding hydrogens is 176 g/mol. The molecule has 0 bridgehead atoms. The Bertz CT molecular complexity index is 250. The third-order valence-corrected chi connectivity index (χ3v) is 3.59. The van der Waals surface area contributed by atoms with Gasteiger partial charge in [0.1, 0.15) is 0 Å². The van der Waals surface area contributed by atoms with Crippen molar-refractivity contribution < 1.29 is 4.79 Å². The molecule has 3 heteroatoms. The lowest BCUT2D eigenvalue weighted by Crippen LogP contribution is -2.42. The number of rotatable bonds is 1. The second-order valence-electron chi connectivity index (χ2n) is 5.42. The summed E-state index contributed by atoms with van der Waals surface area (Å²) >= 11 is 0. The molecule has 2 rings (SSSR count). The number of amides is 1. The van der Waals surface area contributed by atoms with Gasteiger partial charge in [-0.25, -0.2) is 0 Å². The molecule has 0 aromatic carbocycles. The first-order valence-corrected chi connectivity index (χ1v) is 5.54. The van der Waals surface area contributed by atoms with Crippen LogP contribution < -0.4 is 5.32 Å². The highest BCUT2D eigenvalue weighted by molar-refractivity contribution is 5.81. The zero-order valence-electron chi connectivity index (χ0n) is 9.34. The van der Waals surface area contributed by atoms with E-state index in [1.54, 1.807) is 0 Å². The van der Waals surface area contributed by atoms with Crippen molar-refractivity contribution in [2.75, 3.05) is 6.54 Å². The lowest BCUT2D eigenvalue weighted by molar-refractivity contribution is -0.130. The molecule has 1 aliphatic heterocycles. The Morgan fingerprint density at radius 3 is 2.64 bits per heavy atom. The molecule has 80 valence electrons. The van der Waals surface area contributed by atoms with Gasteiger partial charge in [0.25, 0.3) is 0 Å². The number of hydrogen-bond acceptors (Lipinski definition) is 2. The summed E-state index contributed by atoms with van der Waals surface area (Å²) < 4.78 is 0. The van der Waals surface area contributed by atoms with Gasteiger partial charge in [0.05, 0.1) is 12.7 Å². The highest BCUT2D eigenvalue weighted by atomic mass is 16.2. The first-order valence-electron chi connectivity index (χ1n) is 5.54. The molecule has 1 saturated carbocycles. The van der Waals surface area contributed by atoms with Gasteiger partial charge in [-0.05, 0) is 31.6 Å². The van der Waals surface area contributed by atoms with Crippen molar-refractivity contribution >= 4 is 5.91 Å². The fourth-order valence-corrected chi connectivity index (χ4v) is 2.80. The summed E-state index contributed by atoms with van der Waals surface area (Å²) in [7, 11) is 0. The molecule has 2 atom stereocenters. The van der Waals surface area contributed by atoms with Crippen molar-refractivity contribution in [1.29, 1.82) is 0 Å². The molecule has 0 aromatic rings. The highest BCUT2D eigenvalue weighted by Crippen LogP contribution is 2.40. The Morgan fingerprint density at radius 1 is 1.50 bits per heavy atom. The van der Waals surface area contributed by atoms with Crippen LogP contribution in [-0.4, -0.2) is 29.6 Å². The van der Waals surface area contributed by atoms with Gasteiger partial charge in [-0.3, -0.25) is 10.1 Å². The van der Waals surface area contributed by atoms with E-state index in [1.165, 1.54) is 12.8 Å². The quantitative estimate of drug-likeness (QED) is 0.686. The number of hydrogen-bond donors (Lipinski definition) is 1. The van der Waals surface area contributed by atoms with E-state index in [9.17, 15) is 4.79 Å². The van der Waals surface area contributed by atoms with E-state index in [0.717, 1.165) is 6.42 Å². The molecule has 0 spiro atoms. The molecule has 2 fully saturated rings. The zero-order chi connectivity index (χ0) is 10.3. The monoisotopic (exact) mass is 196 g/mol. The molecule has 2 unspecified atom stereocenters. The van der Waals surface area contributed by atoms with Crippen LogP contribution >= 0.6 is 0 Å². The van der Waals surface area contributed by atoms with E-state index in [2.05, 4.69) is 31.0 Å². The van der Waals surface area contributed by atoms with Crippen LogP contribution in [0.2, 0.25) is 0 Å². The summed E-state index contributed by atoms with van der Waals surface area (Å²) in [6.45, 7) is 7.20. The van der Waals surface area contributed by atoms with Crippen molar-refractivity contribution in [3.63, 3.8) is 0 Å². The third kappa shape index (κ3) is 1.65. The molecule has 0 aromatic heterocycles. The summed E-state index contributed by atoms with van der Waals surface area (Å²) in [4.78, 5) is 13.7. The van der Waals surface area contributed by atoms with Gasteiger partial charge < -0.3 is 4.90 Å². The van der Waals surface area contributed by atoms with Gasteiger partial charge in [-0.2, -0.15) is 0 Å². The van der Waals surface area contributed by atoms with E-state index < -0.39 is 0 Å². The predicted molar refractivity (Wildman–Crippen MR) is 55.7 cm³/mol. The zero-order valence-corrected chi connectivity index (χ0v) is 9.34. The first-order chi connectivity index (χ1) is 6.49. The SMILES string of the molecule is CC1NCC(=O)N1C1CCC(C)(C)C1. The number of carbonyl (C=O) groups is 1. The largest absolute Gasteiger partial charge is 0.323 e. The number of nitrogens with one attached hydrogen (secondary N) is 1. The van der Waals surface area contributed by atoms with E-state index in [0.29, 0.717) is 18.0 Å². The van der Waals surface area contributed by atoms with E-state index in [1.807, 2.05) is 0 Å². The smallest absolute Gasteiger partial charge is 0.238 e. The second kappa shape index (κ2) is 3.23. The van der Waals surface area contributed by atoms with Gasteiger partial charge in [-0.1, -0.05) is 13.8 Å². The van der Waals surface area contributed by atoms with Gasteiger partial charge in [0.2, 0.25) is 5.91 Å². The number of nitrogens with zero attached hydrogens (tertiary/aromatic N) is 1.